The fourth-order valence-corrected chi connectivity index (χ4v) is 1.68. The summed E-state index contributed by atoms with van der Waals surface area (Å²) in [4.78, 5) is 10.5. The van der Waals surface area contributed by atoms with Gasteiger partial charge in [-0.2, -0.15) is 13.2 Å². The maximum Gasteiger partial charge on any atom is 0.421 e. The molecule has 0 fully saturated rings. The molecule has 90 valence electrons. The number of rotatable bonds is 3. The van der Waals surface area contributed by atoms with Crippen molar-refractivity contribution in [2.45, 2.75) is 24.6 Å². The largest absolute Gasteiger partial charge is 0.481 e. The Morgan fingerprint density at radius 3 is 2.69 bits per heavy atom. The maximum atomic E-state index is 12.9. The molecule has 0 bridgehead atoms. The molecule has 1 atom stereocenters. The second-order valence-corrected chi connectivity index (χ2v) is 3.42. The van der Waals surface area contributed by atoms with Crippen molar-refractivity contribution in [2.24, 2.45) is 0 Å². The molecule has 3 nitrogen and oxygen atoms in total. The predicted octanol–water partition coefficient (Wildman–Crippen LogP) is 2.29. The van der Waals surface area contributed by atoms with E-state index in [1.54, 1.807) is 0 Å². The Morgan fingerprint density at radius 2 is 2.25 bits per heavy atom. The number of carboxylic acids is 1. The van der Waals surface area contributed by atoms with Crippen LogP contribution in [-0.4, -0.2) is 30.0 Å². The van der Waals surface area contributed by atoms with Crippen molar-refractivity contribution in [1.82, 2.24) is 0 Å². The second kappa shape index (κ2) is 4.29. The van der Waals surface area contributed by atoms with Gasteiger partial charge in [-0.05, 0) is 5.57 Å². The first-order chi connectivity index (χ1) is 7.33. The number of carboxylic acid groups (broad SMARTS) is 1. The third-order valence-corrected chi connectivity index (χ3v) is 2.51. The zero-order valence-corrected chi connectivity index (χ0v) is 8.54. The minimum absolute atomic E-state index is 0.280. The molecule has 1 aliphatic carbocycles. The number of halogens is 3. The molecule has 0 aromatic carbocycles. The average Bonchev–Trinajstić information content (AvgIpc) is 2.16. The first-order valence-electron chi connectivity index (χ1n) is 4.53. The number of alkyl halides is 3. The van der Waals surface area contributed by atoms with Gasteiger partial charge in [-0.1, -0.05) is 18.2 Å². The van der Waals surface area contributed by atoms with Crippen LogP contribution in [-0.2, 0) is 9.53 Å². The van der Waals surface area contributed by atoms with Crippen molar-refractivity contribution in [2.75, 3.05) is 7.11 Å². The first kappa shape index (κ1) is 12.8. The Balaban J connectivity index is 3.13. The standard InChI is InChI=1S/C10H11F3O3/c1-16-9(10(11,12)13)5-3-2-4-7(9)6-8(14)15/h2-4H,5-6H2,1H3,(H,14,15). The summed E-state index contributed by atoms with van der Waals surface area (Å²) in [6.07, 6.45) is -1.85. The summed E-state index contributed by atoms with van der Waals surface area (Å²) in [6.45, 7) is 0. The summed E-state index contributed by atoms with van der Waals surface area (Å²) in [5.74, 6) is -1.31. The fourth-order valence-electron chi connectivity index (χ4n) is 1.68. The number of carbonyl (C=O) groups is 1. The normalized spacial score (nSPS) is 25.4. The van der Waals surface area contributed by atoms with Crippen LogP contribution in [0.3, 0.4) is 0 Å². The van der Waals surface area contributed by atoms with Gasteiger partial charge >= 0.3 is 12.1 Å². The molecule has 1 unspecified atom stereocenters. The van der Waals surface area contributed by atoms with E-state index in [2.05, 4.69) is 4.74 Å². The van der Waals surface area contributed by atoms with E-state index in [4.69, 9.17) is 5.11 Å². The number of hydrogen-bond acceptors (Lipinski definition) is 2. The Morgan fingerprint density at radius 1 is 1.62 bits per heavy atom. The van der Waals surface area contributed by atoms with Crippen molar-refractivity contribution in [3.63, 3.8) is 0 Å². The number of aliphatic carboxylic acids is 1. The van der Waals surface area contributed by atoms with Crippen LogP contribution in [0.25, 0.3) is 0 Å². The number of methoxy groups -OCH3 is 1. The molecule has 0 heterocycles. The highest BCUT2D eigenvalue weighted by Crippen LogP contribution is 2.44. The number of ether oxygens (including phenoxy) is 1. The van der Waals surface area contributed by atoms with E-state index in [9.17, 15) is 18.0 Å². The predicted molar refractivity (Wildman–Crippen MR) is 49.9 cm³/mol. The third-order valence-electron chi connectivity index (χ3n) is 2.51. The zero-order valence-electron chi connectivity index (χ0n) is 8.54. The molecule has 16 heavy (non-hydrogen) atoms. The van der Waals surface area contributed by atoms with E-state index in [-0.39, 0.29) is 5.57 Å². The molecular formula is C10H11F3O3. The summed E-state index contributed by atoms with van der Waals surface area (Å²) in [7, 11) is 0.933. The van der Waals surface area contributed by atoms with Gasteiger partial charge in [0, 0.05) is 13.5 Å². The van der Waals surface area contributed by atoms with E-state index >= 15 is 0 Å². The Hall–Kier alpha value is -1.30. The SMILES string of the molecule is COC1(C(F)(F)F)CC=CC=C1CC(=O)O. The highest BCUT2D eigenvalue weighted by molar-refractivity contribution is 5.71. The Labute approximate surface area is 90.2 Å². The smallest absolute Gasteiger partial charge is 0.421 e. The molecule has 0 aromatic heterocycles. The molecule has 6 heteroatoms. The summed E-state index contributed by atoms with van der Waals surface area (Å²) in [5.41, 5.74) is -2.78. The van der Waals surface area contributed by atoms with E-state index < -0.39 is 30.6 Å². The highest BCUT2D eigenvalue weighted by Gasteiger charge is 2.57. The summed E-state index contributed by atoms with van der Waals surface area (Å²) in [6, 6.07) is 0. The molecule has 0 aromatic rings. The zero-order chi connectivity index (χ0) is 12.4. The Bertz CT molecular complexity index is 344. The highest BCUT2D eigenvalue weighted by atomic mass is 19.4. The molecule has 1 N–H and O–H groups in total. The van der Waals surface area contributed by atoms with Crippen LogP contribution >= 0.6 is 0 Å². The van der Waals surface area contributed by atoms with Crippen molar-refractivity contribution in [3.8, 4) is 0 Å². The second-order valence-electron chi connectivity index (χ2n) is 3.42. The van der Waals surface area contributed by atoms with Gasteiger partial charge in [-0.15, -0.1) is 0 Å². The lowest BCUT2D eigenvalue weighted by molar-refractivity contribution is -0.253. The topological polar surface area (TPSA) is 46.5 Å². The molecule has 0 amide bonds. The van der Waals surface area contributed by atoms with Gasteiger partial charge in [0.1, 0.15) is 0 Å². The van der Waals surface area contributed by atoms with Crippen molar-refractivity contribution >= 4 is 5.97 Å². The fraction of sp³-hybridized carbons (Fsp3) is 0.500. The van der Waals surface area contributed by atoms with E-state index in [1.165, 1.54) is 12.2 Å². The summed E-state index contributed by atoms with van der Waals surface area (Å²) < 4.78 is 43.3. The van der Waals surface area contributed by atoms with Gasteiger partial charge in [0.15, 0.2) is 5.60 Å². The van der Waals surface area contributed by atoms with Crippen molar-refractivity contribution in [1.29, 1.82) is 0 Å². The molecule has 1 aliphatic rings. The van der Waals surface area contributed by atoms with Crippen LogP contribution in [0.1, 0.15) is 12.8 Å². The molecule has 0 aliphatic heterocycles. The van der Waals surface area contributed by atoms with Crippen LogP contribution in [0.4, 0.5) is 13.2 Å². The maximum absolute atomic E-state index is 12.9. The number of allylic oxidation sites excluding steroid dienone is 2. The molecule has 0 saturated heterocycles. The summed E-state index contributed by atoms with van der Waals surface area (Å²) in [5, 5.41) is 8.57. The van der Waals surface area contributed by atoms with E-state index in [1.807, 2.05) is 0 Å². The minimum atomic E-state index is -4.63. The molecule has 1 rings (SSSR count). The quantitative estimate of drug-likeness (QED) is 0.817. The van der Waals surface area contributed by atoms with Crippen LogP contribution in [0.5, 0.6) is 0 Å². The van der Waals surface area contributed by atoms with Gasteiger partial charge in [0.2, 0.25) is 0 Å². The van der Waals surface area contributed by atoms with E-state index in [0.717, 1.165) is 13.2 Å². The van der Waals surface area contributed by atoms with Gasteiger partial charge in [-0.25, -0.2) is 0 Å². The first-order valence-corrected chi connectivity index (χ1v) is 4.53. The lowest BCUT2D eigenvalue weighted by atomic mass is 9.83. The van der Waals surface area contributed by atoms with Gasteiger partial charge < -0.3 is 9.84 Å². The van der Waals surface area contributed by atoms with Gasteiger partial charge in [-0.3, -0.25) is 4.79 Å². The minimum Gasteiger partial charge on any atom is -0.481 e. The molecule has 0 radical (unpaired) electrons. The van der Waals surface area contributed by atoms with Gasteiger partial charge in [0.05, 0.1) is 6.42 Å². The Kier molecular flexibility index (Phi) is 3.42. The third kappa shape index (κ3) is 2.11. The van der Waals surface area contributed by atoms with Gasteiger partial charge in [0.25, 0.3) is 0 Å². The van der Waals surface area contributed by atoms with Crippen LogP contribution < -0.4 is 0 Å². The molecular weight excluding hydrogens is 225 g/mol. The number of hydrogen-bond donors (Lipinski definition) is 1. The van der Waals surface area contributed by atoms with Crippen molar-refractivity contribution < 1.29 is 27.8 Å². The summed E-state index contributed by atoms with van der Waals surface area (Å²) >= 11 is 0. The van der Waals surface area contributed by atoms with Crippen LogP contribution in [0.15, 0.2) is 23.8 Å². The van der Waals surface area contributed by atoms with E-state index in [0.29, 0.717) is 0 Å². The van der Waals surface area contributed by atoms with Crippen LogP contribution in [0, 0.1) is 0 Å². The van der Waals surface area contributed by atoms with Crippen LogP contribution in [0.2, 0.25) is 0 Å². The monoisotopic (exact) mass is 236 g/mol. The lowest BCUT2D eigenvalue weighted by Gasteiger charge is -2.36. The van der Waals surface area contributed by atoms with Crippen molar-refractivity contribution in [3.05, 3.63) is 23.8 Å². The molecule has 0 spiro atoms. The molecule has 0 saturated carbocycles. The lowest BCUT2D eigenvalue weighted by Crippen LogP contribution is -2.49. The average molecular weight is 236 g/mol.